The Labute approximate surface area is 108 Å². The number of carbonyl (C=O) groups is 3. The Balaban J connectivity index is 2.24. The van der Waals surface area contributed by atoms with Gasteiger partial charge in [-0.1, -0.05) is 0 Å². The smallest absolute Gasteiger partial charge is 0.277 e. The molecule has 0 radical (unpaired) electrons. The fraction of sp³-hybridized carbons (Fsp3) is 0.455. The highest BCUT2D eigenvalue weighted by atomic mass is 32.1. The third kappa shape index (κ3) is 2.01. The molecule has 2 heterocycles. The number of rotatable bonds is 2. The van der Waals surface area contributed by atoms with Gasteiger partial charge in [-0.05, 0) is 20.8 Å². The van der Waals surface area contributed by atoms with E-state index >= 15 is 0 Å². The molecule has 18 heavy (non-hydrogen) atoms. The van der Waals surface area contributed by atoms with Crippen molar-refractivity contribution in [2.45, 2.75) is 27.3 Å². The maximum atomic E-state index is 12.1. The topological polar surface area (TPSA) is 79.4 Å². The molecule has 0 atom stereocenters. The van der Waals surface area contributed by atoms with E-state index in [-0.39, 0.29) is 6.54 Å². The van der Waals surface area contributed by atoms with Crippen molar-refractivity contribution in [3.05, 3.63) is 16.1 Å². The van der Waals surface area contributed by atoms with Gasteiger partial charge in [0.2, 0.25) is 11.8 Å². The fourth-order valence-corrected chi connectivity index (χ4v) is 2.41. The molecule has 0 bridgehead atoms. The maximum absolute atomic E-state index is 12.1. The van der Waals surface area contributed by atoms with E-state index in [0.717, 1.165) is 14.8 Å². The average Bonchev–Trinajstić information content (AvgIpc) is 2.68. The van der Waals surface area contributed by atoms with Gasteiger partial charge in [0.25, 0.3) is 0 Å². The average molecular weight is 267 g/mol. The normalized spacial score (nSPS) is 19.1. The summed E-state index contributed by atoms with van der Waals surface area (Å²) >= 11 is 1.42. The lowest BCUT2D eigenvalue weighted by Crippen LogP contribution is -2.61. The summed E-state index contributed by atoms with van der Waals surface area (Å²) in [7, 11) is 0. The second kappa shape index (κ2) is 4.16. The van der Waals surface area contributed by atoms with Gasteiger partial charge >= 0.3 is 6.03 Å². The van der Waals surface area contributed by atoms with Gasteiger partial charge < -0.3 is 0 Å². The predicted molar refractivity (Wildman–Crippen MR) is 64.7 cm³/mol. The number of aromatic nitrogens is 1. The van der Waals surface area contributed by atoms with Crippen molar-refractivity contribution in [2.24, 2.45) is 5.41 Å². The first-order valence-corrected chi connectivity index (χ1v) is 6.22. The molecule has 96 valence electrons. The quantitative estimate of drug-likeness (QED) is 0.812. The Morgan fingerprint density at radius 2 is 2.06 bits per heavy atom. The van der Waals surface area contributed by atoms with Gasteiger partial charge in [-0.3, -0.25) is 19.8 Å². The predicted octanol–water partition coefficient (Wildman–Crippen LogP) is 1.06. The molecule has 7 heteroatoms. The van der Waals surface area contributed by atoms with E-state index in [2.05, 4.69) is 10.3 Å². The van der Waals surface area contributed by atoms with Crippen LogP contribution in [0.25, 0.3) is 0 Å². The van der Waals surface area contributed by atoms with Gasteiger partial charge in [0, 0.05) is 11.1 Å². The molecule has 0 aromatic carbocycles. The summed E-state index contributed by atoms with van der Waals surface area (Å²) < 4.78 is 0. The summed E-state index contributed by atoms with van der Waals surface area (Å²) in [4.78, 5) is 41.3. The minimum absolute atomic E-state index is 0.146. The lowest BCUT2D eigenvalue weighted by molar-refractivity contribution is -0.149. The minimum Gasteiger partial charge on any atom is -0.277 e. The summed E-state index contributed by atoms with van der Waals surface area (Å²) in [6, 6.07) is -0.671. The summed E-state index contributed by atoms with van der Waals surface area (Å²) in [6.07, 6.45) is 1.63. The zero-order valence-corrected chi connectivity index (χ0v) is 11.1. The summed E-state index contributed by atoms with van der Waals surface area (Å²) in [6.45, 7) is 5.00. The first-order valence-electron chi connectivity index (χ1n) is 5.41. The zero-order chi connectivity index (χ0) is 13.5. The van der Waals surface area contributed by atoms with E-state index in [1.165, 1.54) is 25.2 Å². The van der Waals surface area contributed by atoms with Crippen molar-refractivity contribution in [3.8, 4) is 0 Å². The molecule has 0 saturated carbocycles. The molecule has 1 aromatic rings. The van der Waals surface area contributed by atoms with Crippen LogP contribution in [0.15, 0.2) is 6.20 Å². The number of hydrogen-bond acceptors (Lipinski definition) is 5. The van der Waals surface area contributed by atoms with Gasteiger partial charge in [-0.2, -0.15) is 0 Å². The first-order chi connectivity index (χ1) is 8.32. The van der Waals surface area contributed by atoms with Crippen LogP contribution in [0.5, 0.6) is 0 Å². The number of carbonyl (C=O) groups excluding carboxylic acids is 3. The SMILES string of the molecule is Cc1ncc(CN2C(=O)NC(=O)C(C)(C)C2=O)s1. The lowest BCUT2D eigenvalue weighted by atomic mass is 9.89. The molecule has 1 aliphatic rings. The molecular formula is C11H13N3O3S. The number of hydrogen-bond donors (Lipinski definition) is 1. The second-order valence-corrected chi connectivity index (χ2v) is 5.94. The molecule has 2 rings (SSSR count). The Hall–Kier alpha value is -1.76. The van der Waals surface area contributed by atoms with Gasteiger partial charge in [-0.15, -0.1) is 11.3 Å². The molecule has 1 aliphatic heterocycles. The molecule has 0 spiro atoms. The minimum atomic E-state index is -1.21. The number of thiazole rings is 1. The van der Waals surface area contributed by atoms with Crippen LogP contribution in [-0.2, 0) is 16.1 Å². The van der Waals surface area contributed by atoms with Gasteiger partial charge in [-0.25, -0.2) is 9.78 Å². The number of nitrogens with zero attached hydrogens (tertiary/aromatic N) is 2. The van der Waals surface area contributed by atoms with E-state index in [9.17, 15) is 14.4 Å². The van der Waals surface area contributed by atoms with Crippen molar-refractivity contribution in [1.82, 2.24) is 15.2 Å². The van der Waals surface area contributed by atoms with Crippen LogP contribution in [0.1, 0.15) is 23.7 Å². The lowest BCUT2D eigenvalue weighted by Gasteiger charge is -2.34. The maximum Gasteiger partial charge on any atom is 0.331 e. The molecule has 1 N–H and O–H groups in total. The molecule has 0 unspecified atom stereocenters. The molecular weight excluding hydrogens is 254 g/mol. The second-order valence-electron chi connectivity index (χ2n) is 4.62. The summed E-state index contributed by atoms with van der Waals surface area (Å²) in [5.41, 5.74) is -1.21. The number of imide groups is 2. The zero-order valence-electron chi connectivity index (χ0n) is 10.3. The number of barbiturate groups is 1. The largest absolute Gasteiger partial charge is 0.331 e. The van der Waals surface area contributed by atoms with Gasteiger partial charge in [0.1, 0.15) is 5.41 Å². The molecule has 6 nitrogen and oxygen atoms in total. The fourth-order valence-electron chi connectivity index (χ4n) is 1.63. The van der Waals surface area contributed by atoms with Crippen LogP contribution >= 0.6 is 11.3 Å². The van der Waals surface area contributed by atoms with Crippen LogP contribution in [0, 0.1) is 12.3 Å². The van der Waals surface area contributed by atoms with Gasteiger partial charge in [0.05, 0.1) is 11.6 Å². The molecule has 0 aliphatic carbocycles. The van der Waals surface area contributed by atoms with Crippen LogP contribution in [-0.4, -0.2) is 27.7 Å². The van der Waals surface area contributed by atoms with Gasteiger partial charge in [0.15, 0.2) is 0 Å². The molecule has 1 saturated heterocycles. The van der Waals surface area contributed by atoms with E-state index in [4.69, 9.17) is 0 Å². The summed E-state index contributed by atoms with van der Waals surface area (Å²) in [5.74, 6) is -1.04. The van der Waals surface area contributed by atoms with Crippen molar-refractivity contribution < 1.29 is 14.4 Å². The highest BCUT2D eigenvalue weighted by molar-refractivity contribution is 7.11. The highest BCUT2D eigenvalue weighted by Gasteiger charge is 2.46. The van der Waals surface area contributed by atoms with E-state index in [1.807, 2.05) is 6.92 Å². The number of amides is 4. The highest BCUT2D eigenvalue weighted by Crippen LogP contribution is 2.25. The van der Waals surface area contributed by atoms with Crippen LogP contribution in [0.3, 0.4) is 0 Å². The van der Waals surface area contributed by atoms with Crippen molar-refractivity contribution in [3.63, 3.8) is 0 Å². The van der Waals surface area contributed by atoms with E-state index in [1.54, 1.807) is 6.20 Å². The summed E-state index contributed by atoms with van der Waals surface area (Å²) in [5, 5.41) is 3.05. The molecule has 4 amide bonds. The van der Waals surface area contributed by atoms with E-state index in [0.29, 0.717) is 0 Å². The number of aryl methyl sites for hydroxylation is 1. The van der Waals surface area contributed by atoms with E-state index < -0.39 is 23.3 Å². The molecule has 1 aromatic heterocycles. The first kappa shape index (κ1) is 12.7. The monoisotopic (exact) mass is 267 g/mol. The van der Waals surface area contributed by atoms with Crippen molar-refractivity contribution >= 4 is 29.2 Å². The Morgan fingerprint density at radius 1 is 1.39 bits per heavy atom. The number of nitrogens with one attached hydrogen (secondary N) is 1. The van der Waals surface area contributed by atoms with Crippen molar-refractivity contribution in [2.75, 3.05) is 0 Å². The Morgan fingerprint density at radius 3 is 2.61 bits per heavy atom. The van der Waals surface area contributed by atoms with Crippen LogP contribution < -0.4 is 5.32 Å². The number of urea groups is 1. The Bertz CT molecular complexity index is 535. The third-order valence-corrected chi connectivity index (χ3v) is 3.69. The third-order valence-electron chi connectivity index (χ3n) is 2.80. The van der Waals surface area contributed by atoms with Crippen LogP contribution in [0.2, 0.25) is 0 Å². The van der Waals surface area contributed by atoms with Crippen LogP contribution in [0.4, 0.5) is 4.79 Å². The standard InChI is InChI=1S/C11H13N3O3S/c1-6-12-4-7(18-6)5-14-9(16)11(2,3)8(15)13-10(14)17/h4H,5H2,1-3H3,(H,13,15,17). The van der Waals surface area contributed by atoms with Crippen molar-refractivity contribution in [1.29, 1.82) is 0 Å². The Kier molecular flexibility index (Phi) is 2.94. The molecule has 1 fully saturated rings.